The Morgan fingerprint density at radius 3 is 2.33 bits per heavy atom. The van der Waals surface area contributed by atoms with Crippen LogP contribution < -0.4 is 9.92 Å². The van der Waals surface area contributed by atoms with Gasteiger partial charge >= 0.3 is 16.2 Å². The van der Waals surface area contributed by atoms with Crippen molar-refractivity contribution in [2.24, 2.45) is 5.73 Å². The summed E-state index contributed by atoms with van der Waals surface area (Å²) >= 11 is 17.1. The third kappa shape index (κ3) is 6.02. The molecule has 0 atom stereocenters. The monoisotopic (exact) mass is 535 g/mol. The fraction of sp³-hybridized carbons (Fsp3) is 0.263. The fourth-order valence-corrected chi connectivity index (χ4v) is 4.55. The van der Waals surface area contributed by atoms with Crippen molar-refractivity contribution < 1.29 is 27.4 Å². The lowest BCUT2D eigenvalue weighted by atomic mass is 9.87. The maximum atomic E-state index is 12.8. The van der Waals surface area contributed by atoms with Gasteiger partial charge in [0.2, 0.25) is 0 Å². The Hall–Kier alpha value is -2.67. The maximum absolute atomic E-state index is 12.8. The fourth-order valence-electron chi connectivity index (χ4n) is 2.75. The summed E-state index contributed by atoms with van der Waals surface area (Å²) in [5.41, 5.74) is 4.82. The molecule has 1 amide bonds. The molecule has 0 radical (unpaired) electrons. The number of nitro groups is 1. The summed E-state index contributed by atoms with van der Waals surface area (Å²) < 4.78 is 30.6. The van der Waals surface area contributed by atoms with E-state index in [0.29, 0.717) is 10.5 Å². The zero-order valence-electron chi connectivity index (χ0n) is 17.5. The van der Waals surface area contributed by atoms with E-state index in [-0.39, 0.29) is 26.8 Å². The molecule has 0 fully saturated rings. The second kappa shape index (κ2) is 9.67. The van der Waals surface area contributed by atoms with Crippen molar-refractivity contribution in [2.45, 2.75) is 37.6 Å². The van der Waals surface area contributed by atoms with E-state index < -0.39 is 43.4 Å². The van der Waals surface area contributed by atoms with Gasteiger partial charge in [-0.2, -0.15) is 8.42 Å². The first-order chi connectivity index (χ1) is 15.1. The molecule has 0 bridgehead atoms. The van der Waals surface area contributed by atoms with Crippen LogP contribution in [-0.4, -0.2) is 34.6 Å². The summed E-state index contributed by atoms with van der Waals surface area (Å²) in [5.74, 6) is -0.257. The molecular weight excluding hydrogens is 517 g/mol. The zero-order chi connectivity index (χ0) is 25.3. The molecule has 33 heavy (non-hydrogen) atoms. The van der Waals surface area contributed by atoms with Gasteiger partial charge in [0.25, 0.3) is 5.69 Å². The number of rotatable bonds is 6. The van der Waals surface area contributed by atoms with Gasteiger partial charge < -0.3 is 15.0 Å². The highest BCUT2D eigenvalue weighted by Crippen LogP contribution is 2.40. The Bertz CT molecular complexity index is 1230. The van der Waals surface area contributed by atoms with Crippen molar-refractivity contribution >= 4 is 62.4 Å². The lowest BCUT2D eigenvalue weighted by Crippen LogP contribution is -2.39. The molecular formula is C19H19Cl2N3O7S2. The van der Waals surface area contributed by atoms with Crippen molar-refractivity contribution in [1.82, 2.24) is 4.90 Å². The molecule has 0 saturated heterocycles. The van der Waals surface area contributed by atoms with E-state index in [0.717, 1.165) is 18.2 Å². The first kappa shape index (κ1) is 26.6. The van der Waals surface area contributed by atoms with E-state index in [1.54, 1.807) is 6.07 Å². The van der Waals surface area contributed by atoms with Gasteiger partial charge in [0.1, 0.15) is 9.92 Å². The highest BCUT2D eigenvalue weighted by atomic mass is 35.5. The van der Waals surface area contributed by atoms with Crippen LogP contribution in [0.5, 0.6) is 5.75 Å². The number of halogens is 2. The second-order valence-corrected chi connectivity index (χ2v) is 10.5. The van der Waals surface area contributed by atoms with E-state index in [2.05, 4.69) is 12.2 Å². The van der Waals surface area contributed by atoms with E-state index in [1.807, 2.05) is 20.8 Å². The van der Waals surface area contributed by atoms with Gasteiger partial charge in [-0.15, -0.1) is 0 Å². The first-order valence-electron chi connectivity index (χ1n) is 9.06. The average molecular weight is 536 g/mol. The topological polar surface area (TPSA) is 153 Å². The van der Waals surface area contributed by atoms with Crippen LogP contribution in [0.4, 0.5) is 10.5 Å². The van der Waals surface area contributed by atoms with Crippen LogP contribution >= 0.6 is 35.4 Å². The third-order valence-corrected chi connectivity index (χ3v) is 6.74. The van der Waals surface area contributed by atoms with E-state index in [9.17, 15) is 23.3 Å². The number of nitrogens with zero attached hydrogens (tertiary/aromatic N) is 2. The number of carbonyl (C=O) groups is 1. The zero-order valence-corrected chi connectivity index (χ0v) is 20.7. The number of hydrogen-bond donors (Lipinski definition) is 2. The summed E-state index contributed by atoms with van der Waals surface area (Å²) in [5, 5.41) is 20.1. The van der Waals surface area contributed by atoms with Gasteiger partial charge in [0.05, 0.1) is 16.5 Å². The molecule has 0 aliphatic heterocycles. The maximum Gasteiger partial charge on any atom is 0.413 e. The Morgan fingerprint density at radius 1 is 1.24 bits per heavy atom. The Balaban J connectivity index is 2.47. The molecule has 0 aromatic heterocycles. The van der Waals surface area contributed by atoms with Crippen LogP contribution in [0, 0.1) is 10.1 Å². The number of thiocarbonyl (C=S) groups is 1. The molecule has 2 rings (SSSR count). The van der Waals surface area contributed by atoms with Crippen molar-refractivity contribution in [3.63, 3.8) is 0 Å². The number of hydrogen-bond acceptors (Lipinski definition) is 7. The third-order valence-electron chi connectivity index (χ3n) is 4.42. The minimum Gasteiger partial charge on any atom is -0.465 e. The summed E-state index contributed by atoms with van der Waals surface area (Å²) in [6.45, 7) is 5.12. The molecule has 0 saturated carbocycles. The number of nitrogens with two attached hydrogens (primary N) is 1. The van der Waals surface area contributed by atoms with Crippen molar-refractivity contribution in [3.8, 4) is 5.75 Å². The quantitative estimate of drug-likeness (QED) is 0.232. The van der Waals surface area contributed by atoms with E-state index in [4.69, 9.17) is 38.2 Å². The lowest BCUT2D eigenvalue weighted by Gasteiger charge is -2.22. The summed E-state index contributed by atoms with van der Waals surface area (Å²) in [7, 11) is -4.56. The summed E-state index contributed by atoms with van der Waals surface area (Å²) in [4.78, 5) is 21.8. The van der Waals surface area contributed by atoms with Crippen molar-refractivity contribution in [2.75, 3.05) is 0 Å². The molecule has 2 aromatic rings. The normalized spacial score (nSPS) is 11.7. The Kier molecular flexibility index (Phi) is 7.79. The molecule has 0 unspecified atom stereocenters. The SMILES string of the molecule is CC(C)(C)c1ccc(OS(=O)(=O)c2ccc(CN(C(=O)O)C(N)=S)c([N+](=O)[O-])c2)c(Cl)c1Cl. The van der Waals surface area contributed by atoms with Gasteiger partial charge in [-0.1, -0.05) is 50.0 Å². The van der Waals surface area contributed by atoms with E-state index in [1.165, 1.54) is 6.07 Å². The molecule has 14 heteroatoms. The molecule has 0 spiro atoms. The van der Waals surface area contributed by atoms with Crippen LogP contribution in [0.2, 0.25) is 10.0 Å². The number of amides is 1. The lowest BCUT2D eigenvalue weighted by molar-refractivity contribution is -0.385. The van der Waals surface area contributed by atoms with E-state index >= 15 is 0 Å². The molecule has 3 N–H and O–H groups in total. The van der Waals surface area contributed by atoms with Crippen molar-refractivity contribution in [1.29, 1.82) is 0 Å². The molecule has 0 aliphatic carbocycles. The standard InChI is InChI=1S/C19H19Cl2N3O7S2/c1-19(2,3)12-6-7-14(16(21)15(12)20)31-33(29,30)11-5-4-10(13(8-11)24(27)28)9-23(17(22)32)18(25)26/h4-8H,9H2,1-3H3,(H2,22,32)(H,25,26). The Morgan fingerprint density at radius 2 is 1.85 bits per heavy atom. The molecule has 2 aromatic carbocycles. The van der Waals surface area contributed by atoms with Gasteiger partial charge in [-0.05, 0) is 41.4 Å². The van der Waals surface area contributed by atoms with Crippen LogP contribution in [0.1, 0.15) is 31.9 Å². The van der Waals surface area contributed by atoms with Crippen LogP contribution in [0.15, 0.2) is 35.2 Å². The Labute approximate surface area is 205 Å². The van der Waals surface area contributed by atoms with Crippen molar-refractivity contribution in [3.05, 3.63) is 61.6 Å². The highest BCUT2D eigenvalue weighted by Gasteiger charge is 2.28. The molecule has 10 nitrogen and oxygen atoms in total. The highest BCUT2D eigenvalue weighted by molar-refractivity contribution is 7.87. The largest absolute Gasteiger partial charge is 0.465 e. The number of nitro benzene ring substituents is 1. The molecule has 0 aliphatic rings. The molecule has 178 valence electrons. The minimum absolute atomic E-state index is 0.115. The summed E-state index contributed by atoms with van der Waals surface area (Å²) in [6, 6.07) is 5.74. The number of carboxylic acid groups (broad SMARTS) is 1. The van der Waals surface area contributed by atoms with Crippen LogP contribution in [0.25, 0.3) is 0 Å². The number of benzene rings is 2. The summed E-state index contributed by atoms with van der Waals surface area (Å²) in [6.07, 6.45) is -1.53. The van der Waals surface area contributed by atoms with Crippen LogP contribution in [0.3, 0.4) is 0 Å². The van der Waals surface area contributed by atoms with Gasteiger partial charge in [-0.3, -0.25) is 10.1 Å². The first-order valence-corrected chi connectivity index (χ1v) is 11.6. The minimum atomic E-state index is -4.56. The average Bonchev–Trinajstić information content (AvgIpc) is 2.67. The predicted molar refractivity (Wildman–Crippen MR) is 126 cm³/mol. The van der Waals surface area contributed by atoms with Gasteiger partial charge in [0, 0.05) is 11.6 Å². The molecule has 0 heterocycles. The van der Waals surface area contributed by atoms with Gasteiger partial charge in [-0.25, -0.2) is 9.69 Å². The smallest absolute Gasteiger partial charge is 0.413 e. The second-order valence-electron chi connectivity index (χ2n) is 7.78. The predicted octanol–water partition coefficient (Wildman–Crippen LogP) is 4.69. The van der Waals surface area contributed by atoms with Crippen LogP contribution in [-0.2, 0) is 22.1 Å². The van der Waals surface area contributed by atoms with Gasteiger partial charge in [0.15, 0.2) is 10.9 Å².